The van der Waals surface area contributed by atoms with Crippen LogP contribution < -0.4 is 10.6 Å². The summed E-state index contributed by atoms with van der Waals surface area (Å²) >= 11 is 1.27. The number of pyridine rings is 1. The summed E-state index contributed by atoms with van der Waals surface area (Å²) in [7, 11) is 1.81. The summed E-state index contributed by atoms with van der Waals surface area (Å²) in [6, 6.07) is 12.2. The van der Waals surface area contributed by atoms with Gasteiger partial charge in [0.25, 0.3) is 5.91 Å². The van der Waals surface area contributed by atoms with Crippen LogP contribution in [0.5, 0.6) is 0 Å². The third-order valence-electron chi connectivity index (χ3n) is 3.92. The molecule has 1 aromatic carbocycles. The standard InChI is InChI=1S/C19H20N6O2S/c1-13(21-18(27)14-7-4-3-5-8-14)17-23-24-19(25(17)2)28-12-16(26)22-15-9-6-10-20-11-15/h3-11,13H,12H2,1-2H3,(H,21,27)(H,22,26)/t13-/m1/s1. The van der Waals surface area contributed by atoms with E-state index in [1.807, 2.05) is 32.2 Å². The van der Waals surface area contributed by atoms with Crippen LogP contribution in [-0.2, 0) is 11.8 Å². The number of anilines is 1. The van der Waals surface area contributed by atoms with Crippen LogP contribution in [0.1, 0.15) is 29.1 Å². The Morgan fingerprint density at radius 1 is 1.14 bits per heavy atom. The maximum atomic E-state index is 12.3. The van der Waals surface area contributed by atoms with Crippen LogP contribution in [0.3, 0.4) is 0 Å². The Kier molecular flexibility index (Phi) is 6.38. The topological polar surface area (TPSA) is 102 Å². The molecule has 0 aliphatic heterocycles. The summed E-state index contributed by atoms with van der Waals surface area (Å²) in [6.45, 7) is 1.84. The summed E-state index contributed by atoms with van der Waals surface area (Å²) in [5.41, 5.74) is 1.22. The van der Waals surface area contributed by atoms with E-state index in [-0.39, 0.29) is 23.6 Å². The van der Waals surface area contributed by atoms with Gasteiger partial charge in [-0.25, -0.2) is 0 Å². The van der Waals surface area contributed by atoms with E-state index in [0.717, 1.165) is 0 Å². The molecule has 0 aliphatic rings. The van der Waals surface area contributed by atoms with Crippen LogP contribution in [0.25, 0.3) is 0 Å². The van der Waals surface area contributed by atoms with Gasteiger partial charge in [0.1, 0.15) is 0 Å². The lowest BCUT2D eigenvalue weighted by Crippen LogP contribution is -2.28. The van der Waals surface area contributed by atoms with Crippen molar-refractivity contribution in [2.24, 2.45) is 7.05 Å². The quantitative estimate of drug-likeness (QED) is 0.595. The molecule has 2 aromatic heterocycles. The largest absolute Gasteiger partial charge is 0.342 e. The molecule has 0 unspecified atom stereocenters. The van der Waals surface area contributed by atoms with Gasteiger partial charge in [0.2, 0.25) is 5.91 Å². The Morgan fingerprint density at radius 2 is 1.93 bits per heavy atom. The van der Waals surface area contributed by atoms with Crippen molar-refractivity contribution in [3.05, 3.63) is 66.2 Å². The minimum atomic E-state index is -0.330. The highest BCUT2D eigenvalue weighted by molar-refractivity contribution is 7.99. The predicted octanol–water partition coefficient (Wildman–Crippen LogP) is 2.43. The summed E-state index contributed by atoms with van der Waals surface area (Å²) < 4.78 is 1.78. The van der Waals surface area contributed by atoms with Crippen molar-refractivity contribution in [2.45, 2.75) is 18.1 Å². The fraction of sp³-hybridized carbons (Fsp3) is 0.211. The molecule has 0 fully saturated rings. The van der Waals surface area contributed by atoms with E-state index in [1.165, 1.54) is 11.8 Å². The number of thioether (sulfide) groups is 1. The van der Waals surface area contributed by atoms with Crippen LogP contribution in [0.4, 0.5) is 5.69 Å². The smallest absolute Gasteiger partial charge is 0.251 e. The van der Waals surface area contributed by atoms with Crippen molar-refractivity contribution in [3.63, 3.8) is 0 Å². The minimum Gasteiger partial charge on any atom is -0.342 e. The summed E-state index contributed by atoms with van der Waals surface area (Å²) in [5, 5.41) is 14.6. The first-order chi connectivity index (χ1) is 13.5. The molecule has 9 heteroatoms. The third kappa shape index (κ3) is 4.95. The van der Waals surface area contributed by atoms with E-state index in [4.69, 9.17) is 0 Å². The van der Waals surface area contributed by atoms with Crippen LogP contribution in [0.2, 0.25) is 0 Å². The molecule has 1 atom stereocenters. The maximum Gasteiger partial charge on any atom is 0.251 e. The number of rotatable bonds is 7. The van der Waals surface area contributed by atoms with E-state index in [0.29, 0.717) is 22.2 Å². The molecule has 0 saturated heterocycles. The lowest BCUT2D eigenvalue weighted by molar-refractivity contribution is -0.113. The molecule has 0 bridgehead atoms. The zero-order chi connectivity index (χ0) is 19.9. The van der Waals surface area contributed by atoms with Crippen LogP contribution >= 0.6 is 11.8 Å². The molecule has 0 radical (unpaired) electrons. The van der Waals surface area contributed by atoms with Gasteiger partial charge in [-0.2, -0.15) is 0 Å². The Balaban J connectivity index is 1.57. The maximum absolute atomic E-state index is 12.3. The number of carbonyl (C=O) groups is 2. The molecule has 2 heterocycles. The number of hydrogen-bond acceptors (Lipinski definition) is 6. The van der Waals surface area contributed by atoms with Gasteiger partial charge in [0.05, 0.1) is 23.7 Å². The Morgan fingerprint density at radius 3 is 2.64 bits per heavy atom. The lowest BCUT2D eigenvalue weighted by atomic mass is 10.2. The molecule has 0 aliphatic carbocycles. The lowest BCUT2D eigenvalue weighted by Gasteiger charge is -2.13. The van der Waals surface area contributed by atoms with Gasteiger partial charge in [-0.05, 0) is 31.2 Å². The second-order valence-corrected chi connectivity index (χ2v) is 6.98. The first kappa shape index (κ1) is 19.6. The van der Waals surface area contributed by atoms with Crippen LogP contribution in [-0.4, -0.2) is 37.3 Å². The number of amides is 2. The first-order valence-electron chi connectivity index (χ1n) is 8.62. The van der Waals surface area contributed by atoms with Crippen molar-refractivity contribution >= 4 is 29.3 Å². The zero-order valence-corrected chi connectivity index (χ0v) is 16.3. The molecule has 3 aromatic rings. The van der Waals surface area contributed by atoms with E-state index in [9.17, 15) is 9.59 Å². The summed E-state index contributed by atoms with van der Waals surface area (Å²) in [4.78, 5) is 28.3. The molecular formula is C19H20N6O2S. The highest BCUT2D eigenvalue weighted by Crippen LogP contribution is 2.19. The Labute approximate surface area is 166 Å². The average molecular weight is 396 g/mol. The summed E-state index contributed by atoms with van der Waals surface area (Å²) in [6.07, 6.45) is 3.23. The molecule has 2 amide bonds. The molecule has 28 heavy (non-hydrogen) atoms. The highest BCUT2D eigenvalue weighted by Gasteiger charge is 2.19. The van der Waals surface area contributed by atoms with Crippen molar-refractivity contribution < 1.29 is 9.59 Å². The van der Waals surface area contributed by atoms with E-state index in [2.05, 4.69) is 25.8 Å². The summed E-state index contributed by atoms with van der Waals surface area (Å²) in [5.74, 6) is 0.458. The van der Waals surface area contributed by atoms with Crippen molar-refractivity contribution in [1.29, 1.82) is 0 Å². The molecular weight excluding hydrogens is 376 g/mol. The zero-order valence-electron chi connectivity index (χ0n) is 15.5. The monoisotopic (exact) mass is 396 g/mol. The number of benzene rings is 1. The minimum absolute atomic E-state index is 0.159. The Bertz CT molecular complexity index is 946. The molecule has 2 N–H and O–H groups in total. The fourth-order valence-corrected chi connectivity index (χ4v) is 3.24. The van der Waals surface area contributed by atoms with Gasteiger partial charge in [0, 0.05) is 18.8 Å². The van der Waals surface area contributed by atoms with Crippen molar-refractivity contribution in [1.82, 2.24) is 25.1 Å². The molecule has 0 spiro atoms. The van der Waals surface area contributed by atoms with Gasteiger partial charge in [-0.15, -0.1) is 10.2 Å². The van der Waals surface area contributed by atoms with Gasteiger partial charge < -0.3 is 15.2 Å². The fourth-order valence-electron chi connectivity index (χ4n) is 2.53. The molecule has 3 rings (SSSR count). The number of nitrogens with zero attached hydrogens (tertiary/aromatic N) is 4. The molecule has 144 valence electrons. The predicted molar refractivity (Wildman–Crippen MR) is 107 cm³/mol. The van der Waals surface area contributed by atoms with E-state index >= 15 is 0 Å². The highest BCUT2D eigenvalue weighted by atomic mass is 32.2. The van der Waals surface area contributed by atoms with Crippen molar-refractivity contribution in [2.75, 3.05) is 11.1 Å². The third-order valence-corrected chi connectivity index (χ3v) is 4.94. The van der Waals surface area contributed by atoms with Crippen molar-refractivity contribution in [3.8, 4) is 0 Å². The number of aromatic nitrogens is 4. The molecule has 8 nitrogen and oxygen atoms in total. The van der Waals surface area contributed by atoms with Gasteiger partial charge >= 0.3 is 0 Å². The second kappa shape index (κ2) is 9.14. The van der Waals surface area contributed by atoms with Crippen LogP contribution in [0.15, 0.2) is 60.0 Å². The average Bonchev–Trinajstić information content (AvgIpc) is 3.08. The first-order valence-corrected chi connectivity index (χ1v) is 9.61. The Hall–Kier alpha value is -3.20. The van der Waals surface area contributed by atoms with Gasteiger partial charge in [-0.1, -0.05) is 30.0 Å². The number of carbonyl (C=O) groups excluding carboxylic acids is 2. The van der Waals surface area contributed by atoms with E-state index in [1.54, 1.807) is 41.2 Å². The second-order valence-electron chi connectivity index (χ2n) is 6.04. The number of hydrogen-bond donors (Lipinski definition) is 2. The molecule has 0 saturated carbocycles. The normalized spacial score (nSPS) is 11.6. The number of nitrogens with one attached hydrogen (secondary N) is 2. The van der Waals surface area contributed by atoms with Gasteiger partial charge in [-0.3, -0.25) is 14.6 Å². The van der Waals surface area contributed by atoms with Crippen LogP contribution in [0, 0.1) is 0 Å². The SMILES string of the molecule is C[C@@H](NC(=O)c1ccccc1)c1nnc(SCC(=O)Nc2cccnc2)n1C. The van der Waals surface area contributed by atoms with E-state index < -0.39 is 0 Å². The van der Waals surface area contributed by atoms with Gasteiger partial charge in [0.15, 0.2) is 11.0 Å².